The molecule has 2 aromatic rings. The molecule has 1 heterocycles. The number of hydrogen-bond acceptors (Lipinski definition) is 4. The van der Waals surface area contributed by atoms with Crippen molar-refractivity contribution in [1.29, 1.82) is 0 Å². The van der Waals surface area contributed by atoms with Crippen LogP contribution in [0.3, 0.4) is 0 Å². The molecule has 25 heavy (non-hydrogen) atoms. The van der Waals surface area contributed by atoms with Crippen LogP contribution >= 0.6 is 0 Å². The summed E-state index contributed by atoms with van der Waals surface area (Å²) >= 11 is 0. The van der Waals surface area contributed by atoms with E-state index in [1.807, 2.05) is 0 Å². The number of nitrogens with zero attached hydrogens (tertiary/aromatic N) is 2. The van der Waals surface area contributed by atoms with Gasteiger partial charge in [0.2, 0.25) is 0 Å². The number of benzene rings is 1. The first-order valence-electron chi connectivity index (χ1n) is 6.97. The SMILES string of the molecule is Cn1nc(NC(=O)NCCO)cc1C(=O)Nc1cc(F)c(F)c(F)c1. The van der Waals surface area contributed by atoms with E-state index in [9.17, 15) is 22.8 Å². The molecule has 0 bridgehead atoms. The minimum absolute atomic E-state index is 0.0254. The maximum absolute atomic E-state index is 13.2. The second kappa shape index (κ2) is 7.66. The second-order valence-electron chi connectivity index (χ2n) is 4.85. The predicted molar refractivity (Wildman–Crippen MR) is 81.6 cm³/mol. The number of aromatic nitrogens is 2. The van der Waals surface area contributed by atoms with Crippen LogP contribution in [0.15, 0.2) is 18.2 Å². The zero-order chi connectivity index (χ0) is 18.6. The van der Waals surface area contributed by atoms with Crippen molar-refractivity contribution >= 4 is 23.4 Å². The van der Waals surface area contributed by atoms with Crippen molar-refractivity contribution in [2.75, 3.05) is 23.8 Å². The molecule has 0 spiro atoms. The summed E-state index contributed by atoms with van der Waals surface area (Å²) in [7, 11) is 1.41. The van der Waals surface area contributed by atoms with Crippen molar-refractivity contribution in [2.45, 2.75) is 0 Å². The first-order chi connectivity index (χ1) is 11.8. The predicted octanol–water partition coefficient (Wildman–Crippen LogP) is 1.20. The van der Waals surface area contributed by atoms with Gasteiger partial charge in [0.1, 0.15) is 5.69 Å². The molecule has 0 fully saturated rings. The van der Waals surface area contributed by atoms with E-state index in [4.69, 9.17) is 5.11 Å². The maximum atomic E-state index is 13.2. The summed E-state index contributed by atoms with van der Waals surface area (Å²) in [6.45, 7) is -0.207. The molecule has 0 saturated carbocycles. The van der Waals surface area contributed by atoms with Crippen LogP contribution in [0.4, 0.5) is 29.5 Å². The summed E-state index contributed by atoms with van der Waals surface area (Å²) in [5, 5.41) is 19.4. The normalized spacial score (nSPS) is 10.4. The van der Waals surface area contributed by atoms with Crippen LogP contribution < -0.4 is 16.0 Å². The third kappa shape index (κ3) is 4.47. The van der Waals surface area contributed by atoms with Gasteiger partial charge >= 0.3 is 6.03 Å². The average Bonchev–Trinajstić information content (AvgIpc) is 2.91. The lowest BCUT2D eigenvalue weighted by atomic mass is 10.2. The number of amides is 3. The number of urea groups is 1. The van der Waals surface area contributed by atoms with Gasteiger partial charge in [-0.15, -0.1) is 0 Å². The highest BCUT2D eigenvalue weighted by Crippen LogP contribution is 2.18. The maximum Gasteiger partial charge on any atom is 0.320 e. The largest absolute Gasteiger partial charge is 0.395 e. The number of aliphatic hydroxyl groups is 1. The highest BCUT2D eigenvalue weighted by molar-refractivity contribution is 6.04. The minimum Gasteiger partial charge on any atom is -0.395 e. The summed E-state index contributed by atoms with van der Waals surface area (Å²) in [5.74, 6) is -5.26. The van der Waals surface area contributed by atoms with Crippen molar-refractivity contribution in [3.8, 4) is 0 Å². The van der Waals surface area contributed by atoms with E-state index in [1.54, 1.807) is 0 Å². The zero-order valence-electron chi connectivity index (χ0n) is 12.9. The number of rotatable bonds is 5. The Morgan fingerprint density at radius 3 is 2.40 bits per heavy atom. The lowest BCUT2D eigenvalue weighted by Crippen LogP contribution is -2.31. The standard InChI is InChI=1S/C14H14F3N5O3/c1-22-10(6-11(21-22)20-14(25)18-2-3-23)13(24)19-7-4-8(15)12(17)9(16)5-7/h4-6,23H,2-3H2,1H3,(H,19,24)(H2,18,20,21,25). The van der Waals surface area contributed by atoms with Crippen molar-refractivity contribution in [2.24, 2.45) is 7.05 Å². The monoisotopic (exact) mass is 357 g/mol. The van der Waals surface area contributed by atoms with E-state index in [0.717, 1.165) is 4.68 Å². The van der Waals surface area contributed by atoms with Crippen LogP contribution in [0.5, 0.6) is 0 Å². The van der Waals surface area contributed by atoms with Crippen LogP contribution in [0.25, 0.3) is 0 Å². The molecule has 0 atom stereocenters. The van der Waals surface area contributed by atoms with Crippen LogP contribution in [-0.4, -0.2) is 40.0 Å². The number of anilines is 2. The first kappa shape index (κ1) is 18.3. The Morgan fingerprint density at radius 1 is 1.16 bits per heavy atom. The Labute approximate surface area is 139 Å². The molecule has 0 radical (unpaired) electrons. The topological polar surface area (TPSA) is 108 Å². The smallest absolute Gasteiger partial charge is 0.320 e. The van der Waals surface area contributed by atoms with Crippen LogP contribution in [-0.2, 0) is 7.05 Å². The third-order valence-electron chi connectivity index (χ3n) is 2.99. The van der Waals surface area contributed by atoms with E-state index in [1.165, 1.54) is 13.1 Å². The highest BCUT2D eigenvalue weighted by Gasteiger charge is 2.17. The fourth-order valence-electron chi connectivity index (χ4n) is 1.89. The molecular formula is C14H14F3N5O3. The Bertz CT molecular complexity index is 786. The Hall–Kier alpha value is -3.08. The highest BCUT2D eigenvalue weighted by atomic mass is 19.2. The lowest BCUT2D eigenvalue weighted by molar-refractivity contribution is 0.101. The van der Waals surface area contributed by atoms with Crippen LogP contribution in [0, 0.1) is 17.5 Å². The van der Waals surface area contributed by atoms with Gasteiger partial charge in [0, 0.05) is 37.5 Å². The summed E-state index contributed by atoms with van der Waals surface area (Å²) in [4.78, 5) is 23.6. The van der Waals surface area contributed by atoms with Crippen LogP contribution in [0.2, 0.25) is 0 Å². The Kier molecular flexibility index (Phi) is 5.60. The third-order valence-corrected chi connectivity index (χ3v) is 2.99. The molecular weight excluding hydrogens is 343 g/mol. The van der Waals surface area contributed by atoms with Gasteiger partial charge in [0.15, 0.2) is 23.3 Å². The molecule has 0 aliphatic heterocycles. The van der Waals surface area contributed by atoms with Gasteiger partial charge in [0.05, 0.1) is 6.61 Å². The minimum atomic E-state index is -1.64. The summed E-state index contributed by atoms with van der Waals surface area (Å²) in [6, 6.07) is 1.86. The molecule has 134 valence electrons. The molecule has 8 nitrogen and oxygen atoms in total. The van der Waals surface area contributed by atoms with Crippen LogP contribution in [0.1, 0.15) is 10.5 Å². The van der Waals surface area contributed by atoms with Crippen molar-refractivity contribution in [1.82, 2.24) is 15.1 Å². The van der Waals surface area contributed by atoms with Gasteiger partial charge in [-0.25, -0.2) is 18.0 Å². The summed E-state index contributed by atoms with van der Waals surface area (Å²) < 4.78 is 40.4. The van der Waals surface area contributed by atoms with E-state index in [-0.39, 0.29) is 30.4 Å². The quantitative estimate of drug-likeness (QED) is 0.603. The van der Waals surface area contributed by atoms with Crippen molar-refractivity contribution in [3.63, 3.8) is 0 Å². The number of nitrogens with one attached hydrogen (secondary N) is 3. The molecule has 0 aliphatic rings. The number of halogens is 3. The number of hydrogen-bond donors (Lipinski definition) is 4. The summed E-state index contributed by atoms with van der Waals surface area (Å²) in [6.07, 6.45) is 0. The van der Waals surface area contributed by atoms with Crippen molar-refractivity contribution in [3.05, 3.63) is 41.3 Å². The van der Waals surface area contributed by atoms with Gasteiger partial charge in [-0.3, -0.25) is 14.8 Å². The number of aryl methyl sites for hydroxylation is 1. The number of carbonyl (C=O) groups is 2. The van der Waals surface area contributed by atoms with E-state index < -0.39 is 29.4 Å². The zero-order valence-corrected chi connectivity index (χ0v) is 12.9. The van der Waals surface area contributed by atoms with Crippen molar-refractivity contribution < 1.29 is 27.9 Å². The molecule has 1 aromatic carbocycles. The Balaban J connectivity index is 2.11. The molecule has 0 saturated heterocycles. The first-order valence-corrected chi connectivity index (χ1v) is 6.97. The van der Waals surface area contributed by atoms with E-state index in [2.05, 4.69) is 21.0 Å². The molecule has 4 N–H and O–H groups in total. The second-order valence-corrected chi connectivity index (χ2v) is 4.85. The van der Waals surface area contributed by atoms with Gasteiger partial charge < -0.3 is 15.7 Å². The van der Waals surface area contributed by atoms with E-state index >= 15 is 0 Å². The van der Waals surface area contributed by atoms with Gasteiger partial charge in [-0.05, 0) is 0 Å². The van der Waals surface area contributed by atoms with E-state index in [0.29, 0.717) is 12.1 Å². The van der Waals surface area contributed by atoms with Gasteiger partial charge in [-0.2, -0.15) is 5.10 Å². The lowest BCUT2D eigenvalue weighted by Gasteiger charge is -2.06. The molecule has 2 rings (SSSR count). The fourth-order valence-corrected chi connectivity index (χ4v) is 1.89. The molecule has 11 heteroatoms. The number of carbonyl (C=O) groups excluding carboxylic acids is 2. The van der Waals surface area contributed by atoms with Gasteiger partial charge in [0.25, 0.3) is 5.91 Å². The summed E-state index contributed by atoms with van der Waals surface area (Å²) in [5.41, 5.74) is -0.305. The molecule has 0 aliphatic carbocycles. The molecule has 1 aromatic heterocycles. The van der Waals surface area contributed by atoms with Gasteiger partial charge in [-0.1, -0.05) is 0 Å². The molecule has 3 amide bonds. The average molecular weight is 357 g/mol. The molecule has 0 unspecified atom stereocenters. The Morgan fingerprint density at radius 2 is 1.80 bits per heavy atom. The fraction of sp³-hybridized carbons (Fsp3) is 0.214. The number of aliphatic hydroxyl groups excluding tert-OH is 1.